The van der Waals surface area contributed by atoms with Crippen molar-refractivity contribution in [3.05, 3.63) is 35.4 Å². The molecule has 0 aromatic heterocycles. The Balaban J connectivity index is 1.88. The highest BCUT2D eigenvalue weighted by atomic mass is 16.2. The standard InChI is InChI=1S/C14H17N5O2/c1-8-4-3-5-9(6-8)7-19-10-11(16-13(19)15)18(2)14(21)17-12(10)20/h3-6,10-11H,7H2,1-2H3,(H2,15,16)(H,17,20,21). The third-order valence-electron chi connectivity index (χ3n) is 3.83. The molecule has 7 nitrogen and oxygen atoms in total. The first-order valence-electron chi connectivity index (χ1n) is 6.70. The van der Waals surface area contributed by atoms with Gasteiger partial charge in [0.15, 0.2) is 18.2 Å². The molecule has 2 aliphatic rings. The minimum absolute atomic E-state index is 0.281. The van der Waals surface area contributed by atoms with Crippen LogP contribution < -0.4 is 11.1 Å². The van der Waals surface area contributed by atoms with Crippen molar-refractivity contribution in [3.63, 3.8) is 0 Å². The quantitative estimate of drug-likeness (QED) is 0.801. The maximum atomic E-state index is 12.1. The van der Waals surface area contributed by atoms with Crippen molar-refractivity contribution in [1.29, 1.82) is 0 Å². The normalized spacial score (nSPS) is 24.8. The highest BCUT2D eigenvalue weighted by Crippen LogP contribution is 2.24. The molecule has 0 radical (unpaired) electrons. The molecule has 1 aromatic carbocycles. The molecule has 2 aliphatic heterocycles. The van der Waals surface area contributed by atoms with Crippen LogP contribution in [0.5, 0.6) is 0 Å². The number of urea groups is 1. The van der Waals surface area contributed by atoms with E-state index in [1.54, 1.807) is 11.9 Å². The van der Waals surface area contributed by atoms with E-state index in [0.29, 0.717) is 6.54 Å². The first kappa shape index (κ1) is 13.4. The number of imide groups is 1. The molecular formula is C14H17N5O2. The summed E-state index contributed by atoms with van der Waals surface area (Å²) in [4.78, 5) is 31.1. The number of carbonyl (C=O) groups excluding carboxylic acids is 2. The molecule has 0 aliphatic carbocycles. The number of guanidine groups is 1. The smallest absolute Gasteiger partial charge is 0.325 e. The molecule has 2 heterocycles. The molecule has 7 heteroatoms. The van der Waals surface area contributed by atoms with Crippen LogP contribution in [0.25, 0.3) is 0 Å². The first-order chi connectivity index (χ1) is 9.97. The van der Waals surface area contributed by atoms with E-state index in [1.807, 2.05) is 31.2 Å². The summed E-state index contributed by atoms with van der Waals surface area (Å²) in [6.45, 7) is 2.49. The van der Waals surface area contributed by atoms with Gasteiger partial charge in [-0.2, -0.15) is 0 Å². The summed E-state index contributed by atoms with van der Waals surface area (Å²) in [6, 6.07) is 6.96. The molecule has 21 heavy (non-hydrogen) atoms. The number of aryl methyl sites for hydroxylation is 1. The minimum atomic E-state index is -0.576. The van der Waals surface area contributed by atoms with E-state index in [1.165, 1.54) is 4.90 Å². The first-order valence-corrected chi connectivity index (χ1v) is 6.70. The largest absolute Gasteiger partial charge is 0.370 e. The zero-order valence-electron chi connectivity index (χ0n) is 11.9. The number of carbonyl (C=O) groups is 2. The number of aliphatic imine (C=N–C) groups is 1. The van der Waals surface area contributed by atoms with E-state index in [0.717, 1.165) is 11.1 Å². The number of hydrogen-bond donors (Lipinski definition) is 2. The summed E-state index contributed by atoms with van der Waals surface area (Å²) in [6.07, 6.45) is -0.559. The zero-order chi connectivity index (χ0) is 15.1. The van der Waals surface area contributed by atoms with Crippen molar-refractivity contribution in [2.75, 3.05) is 7.05 Å². The monoisotopic (exact) mass is 287 g/mol. The molecule has 1 aromatic rings. The zero-order valence-corrected chi connectivity index (χ0v) is 11.9. The van der Waals surface area contributed by atoms with Gasteiger partial charge in [-0.25, -0.2) is 9.79 Å². The Labute approximate surface area is 122 Å². The lowest BCUT2D eigenvalue weighted by Crippen LogP contribution is -2.63. The number of rotatable bonds is 2. The molecule has 1 saturated heterocycles. The minimum Gasteiger partial charge on any atom is -0.370 e. The number of nitrogens with zero attached hydrogens (tertiary/aromatic N) is 3. The highest BCUT2D eigenvalue weighted by molar-refractivity contribution is 6.03. The summed E-state index contributed by atoms with van der Waals surface area (Å²) in [5, 5.41) is 2.33. The van der Waals surface area contributed by atoms with E-state index in [9.17, 15) is 9.59 Å². The number of hydrogen-bond acceptors (Lipinski definition) is 5. The van der Waals surface area contributed by atoms with Crippen molar-refractivity contribution in [2.24, 2.45) is 10.7 Å². The third-order valence-corrected chi connectivity index (χ3v) is 3.83. The molecular weight excluding hydrogens is 270 g/mol. The van der Waals surface area contributed by atoms with Crippen LogP contribution >= 0.6 is 0 Å². The van der Waals surface area contributed by atoms with Crippen molar-refractivity contribution in [3.8, 4) is 0 Å². The van der Waals surface area contributed by atoms with Crippen molar-refractivity contribution < 1.29 is 9.59 Å². The average molecular weight is 287 g/mol. The summed E-state index contributed by atoms with van der Waals surface area (Å²) in [5.41, 5.74) is 8.13. The van der Waals surface area contributed by atoms with Gasteiger partial charge in [0.1, 0.15) is 0 Å². The van der Waals surface area contributed by atoms with E-state index >= 15 is 0 Å². The van der Waals surface area contributed by atoms with E-state index in [4.69, 9.17) is 5.73 Å². The number of benzene rings is 1. The molecule has 3 rings (SSSR count). The van der Waals surface area contributed by atoms with Gasteiger partial charge in [0.05, 0.1) is 0 Å². The molecule has 0 spiro atoms. The number of likely N-dealkylation sites (N-methyl/N-ethyl adjacent to an activating group) is 1. The molecule has 2 unspecified atom stereocenters. The van der Waals surface area contributed by atoms with Crippen LogP contribution in [0, 0.1) is 6.92 Å². The van der Waals surface area contributed by atoms with Crippen LogP contribution in [-0.2, 0) is 11.3 Å². The summed E-state index contributed by atoms with van der Waals surface area (Å²) < 4.78 is 0. The number of nitrogens with two attached hydrogens (primary N) is 1. The second-order valence-electron chi connectivity index (χ2n) is 5.37. The van der Waals surface area contributed by atoms with Gasteiger partial charge in [-0.05, 0) is 12.5 Å². The Morgan fingerprint density at radius 2 is 2.14 bits per heavy atom. The fraction of sp³-hybridized carbons (Fsp3) is 0.357. The van der Waals surface area contributed by atoms with E-state index < -0.39 is 18.2 Å². The molecule has 1 fully saturated rings. The molecule has 110 valence electrons. The van der Waals surface area contributed by atoms with Gasteiger partial charge in [0, 0.05) is 13.6 Å². The number of amides is 3. The molecule has 3 N–H and O–H groups in total. The lowest BCUT2D eigenvalue weighted by molar-refractivity contribution is -0.127. The van der Waals surface area contributed by atoms with Crippen molar-refractivity contribution in [1.82, 2.24) is 15.1 Å². The third kappa shape index (κ3) is 2.20. The fourth-order valence-electron chi connectivity index (χ4n) is 2.73. The fourth-order valence-corrected chi connectivity index (χ4v) is 2.73. The SMILES string of the molecule is Cc1cccc(CN2C(N)=NC3C2C(=O)NC(=O)N3C)c1. The summed E-state index contributed by atoms with van der Waals surface area (Å²) >= 11 is 0. The van der Waals surface area contributed by atoms with Crippen LogP contribution in [0.4, 0.5) is 4.79 Å². The van der Waals surface area contributed by atoms with Crippen LogP contribution in [0.1, 0.15) is 11.1 Å². The van der Waals surface area contributed by atoms with Gasteiger partial charge in [-0.1, -0.05) is 29.8 Å². The van der Waals surface area contributed by atoms with Gasteiger partial charge in [0.25, 0.3) is 5.91 Å². The van der Waals surface area contributed by atoms with Crippen molar-refractivity contribution in [2.45, 2.75) is 25.7 Å². The maximum Gasteiger partial charge on any atom is 0.325 e. The summed E-state index contributed by atoms with van der Waals surface area (Å²) in [7, 11) is 1.60. The Kier molecular flexibility index (Phi) is 3.04. The maximum absolute atomic E-state index is 12.1. The van der Waals surface area contributed by atoms with Gasteiger partial charge in [-0.15, -0.1) is 0 Å². The Bertz CT molecular complexity index is 642. The molecule has 0 saturated carbocycles. The number of nitrogens with one attached hydrogen (secondary N) is 1. The van der Waals surface area contributed by atoms with Crippen LogP contribution in [0.2, 0.25) is 0 Å². The Hall–Kier alpha value is -2.57. The second kappa shape index (κ2) is 4.76. The van der Waals surface area contributed by atoms with Crippen LogP contribution in [0.15, 0.2) is 29.3 Å². The van der Waals surface area contributed by atoms with Gasteiger partial charge in [-0.3, -0.25) is 10.1 Å². The van der Waals surface area contributed by atoms with Gasteiger partial charge < -0.3 is 15.5 Å². The lowest BCUT2D eigenvalue weighted by Gasteiger charge is -2.35. The second-order valence-corrected chi connectivity index (χ2v) is 5.37. The highest BCUT2D eigenvalue weighted by Gasteiger charge is 2.47. The number of fused-ring (bicyclic) bond motifs is 1. The topological polar surface area (TPSA) is 91.0 Å². The van der Waals surface area contributed by atoms with Gasteiger partial charge in [0.2, 0.25) is 0 Å². The average Bonchev–Trinajstić information content (AvgIpc) is 2.74. The van der Waals surface area contributed by atoms with E-state index in [-0.39, 0.29) is 11.9 Å². The Morgan fingerprint density at radius 3 is 2.86 bits per heavy atom. The van der Waals surface area contributed by atoms with Gasteiger partial charge >= 0.3 is 6.03 Å². The van der Waals surface area contributed by atoms with Crippen LogP contribution in [0.3, 0.4) is 0 Å². The predicted octanol–water partition coefficient (Wildman–Crippen LogP) is 0.00162. The molecule has 3 amide bonds. The van der Waals surface area contributed by atoms with Crippen molar-refractivity contribution >= 4 is 17.9 Å². The molecule has 2 atom stereocenters. The van der Waals surface area contributed by atoms with E-state index in [2.05, 4.69) is 10.3 Å². The lowest BCUT2D eigenvalue weighted by atomic mass is 10.1. The predicted molar refractivity (Wildman–Crippen MR) is 77.2 cm³/mol. The molecule has 0 bridgehead atoms. The van der Waals surface area contributed by atoms with Crippen LogP contribution in [-0.4, -0.2) is 47.0 Å². The summed E-state index contributed by atoms with van der Waals surface area (Å²) in [5.74, 6) is -0.0804. The Morgan fingerprint density at radius 1 is 1.38 bits per heavy atom.